The van der Waals surface area contributed by atoms with E-state index in [-0.39, 0.29) is 12.5 Å². The van der Waals surface area contributed by atoms with Crippen LogP contribution in [-0.4, -0.2) is 35.0 Å². The largest absolute Gasteiger partial charge is 0.480 e. The van der Waals surface area contributed by atoms with Gasteiger partial charge >= 0.3 is 5.97 Å². The van der Waals surface area contributed by atoms with E-state index in [1.807, 2.05) is 24.4 Å². The maximum atomic E-state index is 13.1. The highest BCUT2D eigenvalue weighted by Gasteiger charge is 2.44. The summed E-state index contributed by atoms with van der Waals surface area (Å²) in [6.45, 7) is 2.29. The molecule has 0 spiro atoms. The van der Waals surface area contributed by atoms with Gasteiger partial charge in [-0.2, -0.15) is 0 Å². The number of carbonyl (C=O) groups is 2. The van der Waals surface area contributed by atoms with Gasteiger partial charge < -0.3 is 10.0 Å². The van der Waals surface area contributed by atoms with Crippen molar-refractivity contribution in [3.63, 3.8) is 0 Å². The van der Waals surface area contributed by atoms with Crippen LogP contribution in [0.5, 0.6) is 0 Å². The molecule has 0 saturated heterocycles. The number of carboxylic acids is 1. The number of carbonyl (C=O) groups excluding carboxylic acids is 1. The van der Waals surface area contributed by atoms with Crippen LogP contribution in [0.25, 0.3) is 0 Å². The summed E-state index contributed by atoms with van der Waals surface area (Å²) in [5, 5.41) is 11.1. The number of nitrogens with zero attached hydrogens (tertiary/aromatic N) is 1. The van der Waals surface area contributed by atoms with Gasteiger partial charge in [0.25, 0.3) is 0 Å². The van der Waals surface area contributed by atoms with Gasteiger partial charge in [0, 0.05) is 11.4 Å². The van der Waals surface area contributed by atoms with E-state index in [2.05, 4.69) is 0 Å². The zero-order valence-electron chi connectivity index (χ0n) is 12.5. The van der Waals surface area contributed by atoms with Crippen molar-refractivity contribution in [3.05, 3.63) is 22.4 Å². The van der Waals surface area contributed by atoms with E-state index in [4.69, 9.17) is 5.11 Å². The minimum absolute atomic E-state index is 0.00824. The summed E-state index contributed by atoms with van der Waals surface area (Å²) in [4.78, 5) is 26.8. The van der Waals surface area contributed by atoms with Crippen molar-refractivity contribution in [2.75, 3.05) is 13.1 Å². The zero-order valence-corrected chi connectivity index (χ0v) is 13.3. The highest BCUT2D eigenvalue weighted by molar-refractivity contribution is 7.10. The predicted octanol–water partition coefficient (Wildman–Crippen LogP) is 3.27. The second kappa shape index (κ2) is 7.07. The van der Waals surface area contributed by atoms with Gasteiger partial charge in [0.15, 0.2) is 0 Å². The van der Waals surface area contributed by atoms with E-state index in [1.54, 1.807) is 11.3 Å². The molecule has 116 valence electrons. The Morgan fingerprint density at radius 2 is 2.05 bits per heavy atom. The lowest BCUT2D eigenvalue weighted by atomic mass is 9.72. The van der Waals surface area contributed by atoms with E-state index in [0.717, 1.165) is 43.4 Å². The summed E-state index contributed by atoms with van der Waals surface area (Å²) < 4.78 is 0. The van der Waals surface area contributed by atoms with Crippen molar-refractivity contribution in [2.45, 2.75) is 50.9 Å². The predicted molar refractivity (Wildman–Crippen MR) is 83.6 cm³/mol. The maximum Gasteiger partial charge on any atom is 0.323 e. The molecule has 1 heterocycles. The van der Waals surface area contributed by atoms with Crippen molar-refractivity contribution >= 4 is 23.2 Å². The highest BCUT2D eigenvalue weighted by Crippen LogP contribution is 2.43. The van der Waals surface area contributed by atoms with Crippen LogP contribution in [0.4, 0.5) is 0 Å². The lowest BCUT2D eigenvalue weighted by Gasteiger charge is -2.39. The van der Waals surface area contributed by atoms with Crippen LogP contribution in [-0.2, 0) is 15.0 Å². The first kappa shape index (κ1) is 16.0. The Kier molecular flexibility index (Phi) is 5.39. The molecule has 1 aromatic rings. The Morgan fingerprint density at radius 3 is 2.57 bits per heavy atom. The van der Waals surface area contributed by atoms with Gasteiger partial charge in [-0.1, -0.05) is 32.3 Å². The quantitative estimate of drug-likeness (QED) is 0.877. The molecular weight excluding hydrogens is 286 g/mol. The monoisotopic (exact) mass is 309 g/mol. The molecule has 1 aliphatic rings. The molecule has 2 rings (SSSR count). The third-order valence-corrected chi connectivity index (χ3v) is 5.29. The van der Waals surface area contributed by atoms with Crippen molar-refractivity contribution < 1.29 is 14.7 Å². The lowest BCUT2D eigenvalue weighted by Crippen LogP contribution is -2.49. The number of aliphatic carboxylic acids is 1. The van der Waals surface area contributed by atoms with E-state index in [9.17, 15) is 9.59 Å². The molecule has 1 N–H and O–H groups in total. The lowest BCUT2D eigenvalue weighted by molar-refractivity contribution is -0.148. The van der Waals surface area contributed by atoms with E-state index in [1.165, 1.54) is 4.90 Å². The van der Waals surface area contributed by atoms with Gasteiger partial charge in [-0.05, 0) is 30.7 Å². The summed E-state index contributed by atoms with van der Waals surface area (Å²) >= 11 is 1.62. The van der Waals surface area contributed by atoms with Crippen LogP contribution in [0.15, 0.2) is 17.5 Å². The van der Waals surface area contributed by atoms with Gasteiger partial charge in [-0.25, -0.2) is 0 Å². The number of rotatable bonds is 6. The van der Waals surface area contributed by atoms with Crippen LogP contribution >= 0.6 is 11.3 Å². The Hall–Kier alpha value is -1.36. The molecule has 1 amide bonds. The molecular formula is C16H23NO3S. The molecule has 1 aliphatic carbocycles. The van der Waals surface area contributed by atoms with Crippen LogP contribution < -0.4 is 0 Å². The minimum Gasteiger partial charge on any atom is -0.480 e. The zero-order chi connectivity index (χ0) is 15.3. The number of amides is 1. The molecule has 0 bridgehead atoms. The summed E-state index contributed by atoms with van der Waals surface area (Å²) in [6.07, 6.45) is 5.69. The van der Waals surface area contributed by atoms with Crippen molar-refractivity contribution in [1.82, 2.24) is 4.90 Å². The fourth-order valence-corrected chi connectivity index (χ4v) is 4.24. The fraction of sp³-hybridized carbons (Fsp3) is 0.625. The molecule has 1 fully saturated rings. The number of thiophene rings is 1. The third-order valence-electron chi connectivity index (χ3n) is 4.22. The van der Waals surface area contributed by atoms with Crippen LogP contribution in [0.1, 0.15) is 50.3 Å². The topological polar surface area (TPSA) is 57.6 Å². The summed E-state index contributed by atoms with van der Waals surface area (Å²) in [6, 6.07) is 4.00. The standard InChI is InChI=1S/C16H23NO3S/c1-2-10-17(12-14(18)19)15(20)16(8-4-3-5-9-16)13-7-6-11-21-13/h6-7,11H,2-5,8-10,12H2,1H3,(H,18,19). The maximum absolute atomic E-state index is 13.1. The van der Waals surface area contributed by atoms with Crippen LogP contribution in [0.3, 0.4) is 0 Å². The average Bonchev–Trinajstić information content (AvgIpc) is 3.01. The van der Waals surface area contributed by atoms with Crippen molar-refractivity contribution in [2.24, 2.45) is 0 Å². The Morgan fingerprint density at radius 1 is 1.33 bits per heavy atom. The van der Waals surface area contributed by atoms with E-state index >= 15 is 0 Å². The third kappa shape index (κ3) is 3.46. The minimum atomic E-state index is -0.936. The van der Waals surface area contributed by atoms with Crippen LogP contribution in [0.2, 0.25) is 0 Å². The first-order valence-electron chi connectivity index (χ1n) is 7.65. The van der Waals surface area contributed by atoms with Crippen LogP contribution in [0, 0.1) is 0 Å². The second-order valence-corrected chi connectivity index (χ2v) is 6.69. The van der Waals surface area contributed by atoms with E-state index < -0.39 is 11.4 Å². The smallest absolute Gasteiger partial charge is 0.323 e. The number of hydrogen-bond acceptors (Lipinski definition) is 3. The molecule has 0 aliphatic heterocycles. The molecule has 0 radical (unpaired) electrons. The average molecular weight is 309 g/mol. The number of hydrogen-bond donors (Lipinski definition) is 1. The Balaban J connectivity index is 2.30. The van der Waals surface area contributed by atoms with Gasteiger partial charge in [0.2, 0.25) is 5.91 Å². The normalized spacial score (nSPS) is 17.4. The first-order chi connectivity index (χ1) is 10.1. The Labute approximate surface area is 129 Å². The molecule has 0 atom stereocenters. The number of carboxylic acid groups (broad SMARTS) is 1. The summed E-state index contributed by atoms with van der Waals surface area (Å²) in [5.41, 5.74) is -0.489. The highest BCUT2D eigenvalue weighted by atomic mass is 32.1. The molecule has 1 saturated carbocycles. The molecule has 21 heavy (non-hydrogen) atoms. The van der Waals surface area contributed by atoms with Gasteiger partial charge in [0.05, 0.1) is 5.41 Å². The molecule has 0 aromatic carbocycles. The van der Waals surface area contributed by atoms with Crippen molar-refractivity contribution in [3.8, 4) is 0 Å². The van der Waals surface area contributed by atoms with Gasteiger partial charge in [-0.3, -0.25) is 9.59 Å². The Bertz CT molecular complexity index is 478. The molecule has 5 heteroatoms. The molecule has 1 aromatic heterocycles. The molecule has 4 nitrogen and oxygen atoms in total. The second-order valence-electron chi connectivity index (χ2n) is 5.74. The first-order valence-corrected chi connectivity index (χ1v) is 8.53. The van der Waals surface area contributed by atoms with E-state index in [0.29, 0.717) is 6.54 Å². The fourth-order valence-electron chi connectivity index (χ4n) is 3.26. The summed E-state index contributed by atoms with van der Waals surface area (Å²) in [7, 11) is 0. The summed E-state index contributed by atoms with van der Waals surface area (Å²) in [5.74, 6) is -0.928. The van der Waals surface area contributed by atoms with Gasteiger partial charge in [-0.15, -0.1) is 11.3 Å². The van der Waals surface area contributed by atoms with Gasteiger partial charge in [0.1, 0.15) is 6.54 Å². The SMILES string of the molecule is CCCN(CC(=O)O)C(=O)C1(c2cccs2)CCCCC1. The molecule has 0 unspecified atom stereocenters. The van der Waals surface area contributed by atoms with Crippen molar-refractivity contribution in [1.29, 1.82) is 0 Å².